The van der Waals surface area contributed by atoms with Crippen LogP contribution in [0.15, 0.2) is 30.5 Å². The minimum absolute atomic E-state index is 0.150. The summed E-state index contributed by atoms with van der Waals surface area (Å²) in [5.74, 6) is 0.447. The van der Waals surface area contributed by atoms with Crippen molar-refractivity contribution < 1.29 is 4.39 Å². The van der Waals surface area contributed by atoms with Crippen molar-refractivity contribution >= 4 is 5.82 Å². The zero-order chi connectivity index (χ0) is 13.1. The van der Waals surface area contributed by atoms with Crippen molar-refractivity contribution in [3.8, 4) is 0 Å². The van der Waals surface area contributed by atoms with Crippen LogP contribution in [-0.2, 0) is 0 Å². The third-order valence-corrected chi connectivity index (χ3v) is 2.93. The van der Waals surface area contributed by atoms with E-state index >= 15 is 0 Å². The van der Waals surface area contributed by atoms with E-state index in [9.17, 15) is 4.39 Å². The highest BCUT2D eigenvalue weighted by Gasteiger charge is 2.11. The number of nitrogens with zero attached hydrogens (tertiary/aromatic N) is 2. The van der Waals surface area contributed by atoms with Crippen LogP contribution in [0.25, 0.3) is 0 Å². The topological polar surface area (TPSA) is 37.8 Å². The van der Waals surface area contributed by atoms with Crippen LogP contribution in [0.1, 0.15) is 29.9 Å². The van der Waals surface area contributed by atoms with Crippen molar-refractivity contribution in [1.82, 2.24) is 9.97 Å². The van der Waals surface area contributed by atoms with E-state index in [0.29, 0.717) is 11.4 Å². The van der Waals surface area contributed by atoms with E-state index in [1.165, 1.54) is 6.07 Å². The van der Waals surface area contributed by atoms with Gasteiger partial charge >= 0.3 is 0 Å². The monoisotopic (exact) mass is 245 g/mol. The highest BCUT2D eigenvalue weighted by molar-refractivity contribution is 5.37. The Morgan fingerprint density at radius 1 is 1.17 bits per heavy atom. The molecule has 0 radical (unpaired) electrons. The highest BCUT2D eigenvalue weighted by Crippen LogP contribution is 2.20. The van der Waals surface area contributed by atoms with Gasteiger partial charge in [0.1, 0.15) is 11.6 Å². The Labute approximate surface area is 106 Å². The first-order valence-corrected chi connectivity index (χ1v) is 5.89. The molecule has 2 rings (SSSR count). The molecule has 0 aliphatic rings. The van der Waals surface area contributed by atoms with Gasteiger partial charge in [0.05, 0.1) is 23.6 Å². The van der Waals surface area contributed by atoms with Crippen LogP contribution >= 0.6 is 0 Å². The minimum atomic E-state index is -0.214. The first-order chi connectivity index (χ1) is 8.58. The molecule has 1 atom stereocenters. The lowest BCUT2D eigenvalue weighted by Gasteiger charge is -2.15. The largest absolute Gasteiger partial charge is 0.362 e. The highest BCUT2D eigenvalue weighted by atomic mass is 19.1. The zero-order valence-electron chi connectivity index (χ0n) is 10.7. The SMILES string of the molecule is Cc1ncc(NC(C)c2ccccc2F)nc1C. The molecule has 0 fully saturated rings. The Hall–Kier alpha value is -1.97. The van der Waals surface area contributed by atoms with Gasteiger partial charge in [-0.1, -0.05) is 18.2 Å². The maximum absolute atomic E-state index is 13.6. The second-order valence-corrected chi connectivity index (χ2v) is 4.31. The van der Waals surface area contributed by atoms with Gasteiger partial charge < -0.3 is 5.32 Å². The van der Waals surface area contributed by atoms with Gasteiger partial charge in [-0.25, -0.2) is 9.37 Å². The lowest BCUT2D eigenvalue weighted by Crippen LogP contribution is -2.10. The van der Waals surface area contributed by atoms with Crippen molar-refractivity contribution in [3.05, 3.63) is 53.2 Å². The molecule has 2 aromatic rings. The van der Waals surface area contributed by atoms with Gasteiger partial charge in [0, 0.05) is 5.56 Å². The number of halogens is 1. The van der Waals surface area contributed by atoms with Crippen LogP contribution in [0, 0.1) is 19.7 Å². The molecule has 1 N–H and O–H groups in total. The van der Waals surface area contributed by atoms with E-state index in [4.69, 9.17) is 0 Å². The van der Waals surface area contributed by atoms with Gasteiger partial charge in [-0.3, -0.25) is 4.98 Å². The first-order valence-electron chi connectivity index (χ1n) is 5.89. The number of hydrogen-bond acceptors (Lipinski definition) is 3. The molecular formula is C14H16FN3. The van der Waals surface area contributed by atoms with E-state index in [2.05, 4.69) is 15.3 Å². The Balaban J connectivity index is 2.19. The summed E-state index contributed by atoms with van der Waals surface area (Å²) in [5, 5.41) is 3.15. The van der Waals surface area contributed by atoms with E-state index in [-0.39, 0.29) is 11.9 Å². The van der Waals surface area contributed by atoms with Crippen molar-refractivity contribution in [2.75, 3.05) is 5.32 Å². The van der Waals surface area contributed by atoms with Crippen molar-refractivity contribution in [3.63, 3.8) is 0 Å². The van der Waals surface area contributed by atoms with Crippen LogP contribution < -0.4 is 5.32 Å². The molecule has 1 aromatic carbocycles. The molecule has 0 spiro atoms. The molecule has 0 aliphatic carbocycles. The Morgan fingerprint density at radius 3 is 2.56 bits per heavy atom. The molecule has 0 aliphatic heterocycles. The Kier molecular flexibility index (Phi) is 3.55. The standard InChI is InChI=1S/C14H16FN3/c1-9-10(2)17-14(8-16-9)18-11(3)12-6-4-5-7-13(12)15/h4-8,11H,1-3H3,(H,17,18). The summed E-state index contributed by atoms with van der Waals surface area (Å²) < 4.78 is 13.6. The zero-order valence-corrected chi connectivity index (χ0v) is 10.7. The van der Waals surface area contributed by atoms with Crippen LogP contribution in [0.3, 0.4) is 0 Å². The quantitative estimate of drug-likeness (QED) is 0.900. The summed E-state index contributed by atoms with van der Waals surface area (Å²) in [6, 6.07) is 6.58. The molecule has 3 nitrogen and oxygen atoms in total. The molecular weight excluding hydrogens is 229 g/mol. The molecule has 4 heteroatoms. The maximum atomic E-state index is 13.6. The summed E-state index contributed by atoms with van der Waals surface area (Å²) in [6.45, 7) is 5.71. The summed E-state index contributed by atoms with van der Waals surface area (Å²) >= 11 is 0. The smallest absolute Gasteiger partial charge is 0.145 e. The predicted molar refractivity (Wildman–Crippen MR) is 69.9 cm³/mol. The van der Waals surface area contributed by atoms with Gasteiger partial charge in [0.25, 0.3) is 0 Å². The van der Waals surface area contributed by atoms with Gasteiger partial charge in [0.15, 0.2) is 0 Å². The third kappa shape index (κ3) is 2.64. The lowest BCUT2D eigenvalue weighted by atomic mass is 10.1. The van der Waals surface area contributed by atoms with E-state index in [1.807, 2.05) is 26.8 Å². The van der Waals surface area contributed by atoms with Crippen molar-refractivity contribution in [2.45, 2.75) is 26.8 Å². The third-order valence-electron chi connectivity index (χ3n) is 2.93. The summed E-state index contributed by atoms with van der Waals surface area (Å²) in [4.78, 5) is 8.60. The molecule has 0 saturated heterocycles. The second kappa shape index (κ2) is 5.12. The Morgan fingerprint density at radius 2 is 1.89 bits per heavy atom. The predicted octanol–water partition coefficient (Wildman–Crippen LogP) is 3.41. The molecule has 1 aromatic heterocycles. The van der Waals surface area contributed by atoms with Crippen LogP contribution in [-0.4, -0.2) is 9.97 Å². The fraction of sp³-hybridized carbons (Fsp3) is 0.286. The lowest BCUT2D eigenvalue weighted by molar-refractivity contribution is 0.600. The number of hydrogen-bond donors (Lipinski definition) is 1. The van der Waals surface area contributed by atoms with E-state index < -0.39 is 0 Å². The average molecular weight is 245 g/mol. The van der Waals surface area contributed by atoms with Gasteiger partial charge in [-0.15, -0.1) is 0 Å². The number of aromatic nitrogens is 2. The summed E-state index contributed by atoms with van der Waals surface area (Å²) in [6.07, 6.45) is 1.67. The van der Waals surface area contributed by atoms with Crippen LogP contribution in [0.4, 0.5) is 10.2 Å². The second-order valence-electron chi connectivity index (χ2n) is 4.31. The average Bonchev–Trinajstić information content (AvgIpc) is 2.34. The molecule has 1 unspecified atom stereocenters. The number of rotatable bonds is 3. The molecule has 18 heavy (non-hydrogen) atoms. The molecule has 1 heterocycles. The minimum Gasteiger partial charge on any atom is -0.362 e. The number of nitrogens with one attached hydrogen (secondary N) is 1. The summed E-state index contributed by atoms with van der Waals surface area (Å²) in [7, 11) is 0. The van der Waals surface area contributed by atoms with Crippen molar-refractivity contribution in [1.29, 1.82) is 0 Å². The first kappa shape index (κ1) is 12.5. The fourth-order valence-corrected chi connectivity index (χ4v) is 1.74. The maximum Gasteiger partial charge on any atom is 0.145 e. The summed E-state index contributed by atoms with van der Waals surface area (Å²) in [5.41, 5.74) is 2.40. The van der Waals surface area contributed by atoms with Crippen LogP contribution in [0.5, 0.6) is 0 Å². The molecule has 0 bridgehead atoms. The van der Waals surface area contributed by atoms with E-state index in [1.54, 1.807) is 18.3 Å². The molecule has 0 amide bonds. The molecule has 94 valence electrons. The number of anilines is 1. The van der Waals surface area contributed by atoms with Gasteiger partial charge in [-0.05, 0) is 26.8 Å². The normalized spacial score (nSPS) is 12.2. The number of aryl methyl sites for hydroxylation is 2. The van der Waals surface area contributed by atoms with Crippen LogP contribution in [0.2, 0.25) is 0 Å². The van der Waals surface area contributed by atoms with E-state index in [0.717, 1.165) is 11.4 Å². The van der Waals surface area contributed by atoms with Gasteiger partial charge in [-0.2, -0.15) is 0 Å². The fourth-order valence-electron chi connectivity index (χ4n) is 1.74. The number of benzene rings is 1. The van der Waals surface area contributed by atoms with Gasteiger partial charge in [0.2, 0.25) is 0 Å². The molecule has 0 saturated carbocycles. The Bertz CT molecular complexity index is 554. The van der Waals surface area contributed by atoms with Crippen molar-refractivity contribution in [2.24, 2.45) is 0 Å².